The largest absolute Gasteiger partial charge is 0.446 e. The lowest BCUT2D eigenvalue weighted by Gasteiger charge is -2.10. The average molecular weight is 362 g/mol. The third kappa shape index (κ3) is 4.82. The van der Waals surface area contributed by atoms with Crippen molar-refractivity contribution in [1.82, 2.24) is 0 Å². The molecule has 0 spiro atoms. The summed E-state index contributed by atoms with van der Waals surface area (Å²) in [5.41, 5.74) is -3.40. The molecular weight excluding hydrogens is 353 g/mol. The van der Waals surface area contributed by atoms with Gasteiger partial charge in [-0.15, -0.1) is 11.6 Å². The lowest BCUT2D eigenvalue weighted by Crippen LogP contribution is -2.05. The van der Waals surface area contributed by atoms with E-state index in [9.17, 15) is 18.0 Å². The van der Waals surface area contributed by atoms with Gasteiger partial charge in [-0.25, -0.2) is 0 Å². The Hall–Kier alpha value is -0.200. The van der Waals surface area contributed by atoms with E-state index in [1.807, 2.05) is 0 Å². The molecule has 0 aromatic heterocycles. The van der Waals surface area contributed by atoms with Gasteiger partial charge in [0.05, 0.1) is 0 Å². The zero-order valence-corrected chi connectivity index (χ0v) is 12.2. The maximum absolute atomic E-state index is 12.3. The van der Waals surface area contributed by atoms with Crippen LogP contribution in [0.25, 0.3) is 0 Å². The highest BCUT2D eigenvalue weighted by molar-refractivity contribution is 9.08. The van der Waals surface area contributed by atoms with Gasteiger partial charge < -0.3 is 0 Å². The van der Waals surface area contributed by atoms with Crippen LogP contribution in [-0.2, 0) is 5.33 Å². The van der Waals surface area contributed by atoms with Crippen LogP contribution >= 0.6 is 39.3 Å². The molecule has 0 aliphatic heterocycles. The van der Waals surface area contributed by atoms with Crippen molar-refractivity contribution in [3.05, 3.63) is 29.3 Å². The SMILES string of the molecule is O=C(CCCl)c1cc(SC(F)(F)F)ccc1CBr. The predicted octanol–water partition coefficient (Wildman–Crippen LogP) is 5.01. The van der Waals surface area contributed by atoms with Gasteiger partial charge in [0.15, 0.2) is 5.78 Å². The molecule has 0 saturated carbocycles. The minimum Gasteiger partial charge on any atom is -0.294 e. The van der Waals surface area contributed by atoms with Crippen molar-refractivity contribution in [3.8, 4) is 0 Å². The summed E-state index contributed by atoms with van der Waals surface area (Å²) in [5, 5.41) is 0.410. The quantitative estimate of drug-likeness (QED) is 0.417. The minimum atomic E-state index is -4.36. The van der Waals surface area contributed by atoms with Crippen molar-refractivity contribution in [2.45, 2.75) is 22.2 Å². The summed E-state index contributed by atoms with van der Waals surface area (Å²) in [7, 11) is 0. The molecule has 0 aliphatic carbocycles. The molecular formula is C11H9BrClF3OS. The van der Waals surface area contributed by atoms with Crippen LogP contribution in [0.1, 0.15) is 22.3 Å². The van der Waals surface area contributed by atoms with Gasteiger partial charge in [0, 0.05) is 28.1 Å². The Morgan fingerprint density at radius 2 is 2.06 bits per heavy atom. The van der Waals surface area contributed by atoms with Gasteiger partial charge in [-0.05, 0) is 29.5 Å². The second kappa shape index (κ2) is 6.82. The standard InChI is InChI=1S/C11H9BrClF3OS/c12-6-7-1-2-8(18-11(14,15)16)5-9(7)10(17)3-4-13/h1-2,5H,3-4,6H2. The van der Waals surface area contributed by atoms with E-state index in [0.717, 1.165) is 0 Å². The third-order valence-corrected chi connectivity index (χ3v) is 3.60. The van der Waals surface area contributed by atoms with Crippen LogP contribution in [0.15, 0.2) is 23.1 Å². The summed E-state index contributed by atoms with van der Waals surface area (Å²) in [5.74, 6) is -0.0962. The summed E-state index contributed by atoms with van der Waals surface area (Å²) >= 11 is 8.44. The van der Waals surface area contributed by atoms with Crippen molar-refractivity contribution >= 4 is 45.1 Å². The molecule has 1 aromatic rings. The van der Waals surface area contributed by atoms with Crippen LogP contribution in [0.3, 0.4) is 0 Å². The summed E-state index contributed by atoms with van der Waals surface area (Å²) in [6, 6.07) is 4.14. The molecule has 0 atom stereocenters. The Balaban J connectivity index is 3.05. The lowest BCUT2D eigenvalue weighted by atomic mass is 10.0. The number of carbonyl (C=O) groups excluding carboxylic acids is 1. The fraction of sp³-hybridized carbons (Fsp3) is 0.364. The number of benzene rings is 1. The fourth-order valence-electron chi connectivity index (χ4n) is 1.35. The number of rotatable bonds is 5. The normalized spacial score (nSPS) is 11.6. The molecule has 7 heteroatoms. The Bertz CT molecular complexity index is 437. The van der Waals surface area contributed by atoms with E-state index in [4.69, 9.17) is 11.6 Å². The van der Waals surface area contributed by atoms with E-state index in [1.54, 1.807) is 0 Å². The third-order valence-electron chi connectivity index (χ3n) is 2.08. The highest BCUT2D eigenvalue weighted by atomic mass is 79.9. The number of alkyl halides is 5. The zero-order valence-electron chi connectivity index (χ0n) is 9.06. The van der Waals surface area contributed by atoms with Gasteiger partial charge in [0.25, 0.3) is 0 Å². The van der Waals surface area contributed by atoms with Gasteiger partial charge in [-0.1, -0.05) is 22.0 Å². The number of Topliss-reactive ketones (excluding diaryl/α,β-unsaturated/α-hetero) is 1. The molecule has 0 radical (unpaired) electrons. The van der Waals surface area contributed by atoms with Gasteiger partial charge in [-0.3, -0.25) is 4.79 Å². The van der Waals surface area contributed by atoms with E-state index in [0.29, 0.717) is 16.5 Å². The van der Waals surface area contributed by atoms with E-state index in [-0.39, 0.29) is 34.7 Å². The first-order valence-electron chi connectivity index (χ1n) is 4.91. The van der Waals surface area contributed by atoms with Crippen molar-refractivity contribution < 1.29 is 18.0 Å². The first-order valence-corrected chi connectivity index (χ1v) is 7.38. The maximum Gasteiger partial charge on any atom is 0.446 e. The van der Waals surface area contributed by atoms with E-state index >= 15 is 0 Å². The monoisotopic (exact) mass is 360 g/mol. The first-order chi connectivity index (χ1) is 8.37. The highest BCUT2D eigenvalue weighted by Crippen LogP contribution is 2.37. The van der Waals surface area contributed by atoms with Crippen LogP contribution in [0, 0.1) is 0 Å². The summed E-state index contributed by atoms with van der Waals surface area (Å²) < 4.78 is 36.8. The Kier molecular flexibility index (Phi) is 6.01. The average Bonchev–Trinajstić information content (AvgIpc) is 2.27. The van der Waals surface area contributed by atoms with Gasteiger partial charge >= 0.3 is 5.51 Å². The molecule has 0 saturated heterocycles. The molecule has 0 N–H and O–H groups in total. The molecule has 0 aliphatic rings. The van der Waals surface area contributed by atoms with E-state index in [2.05, 4.69) is 15.9 Å². The Morgan fingerprint density at radius 3 is 2.56 bits per heavy atom. The molecule has 0 unspecified atom stereocenters. The molecule has 1 rings (SSSR count). The van der Waals surface area contributed by atoms with Gasteiger partial charge in [0.2, 0.25) is 0 Å². The van der Waals surface area contributed by atoms with Gasteiger partial charge in [-0.2, -0.15) is 13.2 Å². The molecule has 0 heterocycles. The van der Waals surface area contributed by atoms with Crippen molar-refractivity contribution in [3.63, 3.8) is 0 Å². The van der Waals surface area contributed by atoms with Crippen LogP contribution in [0.4, 0.5) is 13.2 Å². The number of ketones is 1. The number of carbonyl (C=O) groups is 1. The van der Waals surface area contributed by atoms with Crippen molar-refractivity contribution in [2.75, 3.05) is 5.88 Å². The number of halogens is 5. The molecule has 0 fully saturated rings. The molecule has 0 bridgehead atoms. The Morgan fingerprint density at radius 1 is 1.39 bits per heavy atom. The van der Waals surface area contributed by atoms with Crippen LogP contribution in [0.5, 0.6) is 0 Å². The summed E-state index contributed by atoms with van der Waals surface area (Å²) in [6.45, 7) is 0. The zero-order chi connectivity index (χ0) is 13.8. The predicted molar refractivity (Wildman–Crippen MR) is 70.7 cm³/mol. The lowest BCUT2D eigenvalue weighted by molar-refractivity contribution is -0.0328. The van der Waals surface area contributed by atoms with Crippen molar-refractivity contribution in [1.29, 1.82) is 0 Å². The van der Waals surface area contributed by atoms with E-state index < -0.39 is 5.51 Å². The first kappa shape index (κ1) is 15.9. The molecule has 0 amide bonds. The topological polar surface area (TPSA) is 17.1 Å². The molecule has 1 nitrogen and oxygen atoms in total. The minimum absolute atomic E-state index is 0.00474. The maximum atomic E-state index is 12.3. The second-order valence-corrected chi connectivity index (χ2v) is 5.44. The number of hydrogen-bond acceptors (Lipinski definition) is 2. The summed E-state index contributed by atoms with van der Waals surface area (Å²) in [4.78, 5) is 11.8. The van der Waals surface area contributed by atoms with Crippen LogP contribution in [0.2, 0.25) is 0 Å². The van der Waals surface area contributed by atoms with E-state index in [1.165, 1.54) is 18.2 Å². The molecule has 18 heavy (non-hydrogen) atoms. The number of thioether (sulfide) groups is 1. The molecule has 100 valence electrons. The van der Waals surface area contributed by atoms with Gasteiger partial charge in [0.1, 0.15) is 0 Å². The van der Waals surface area contributed by atoms with Crippen LogP contribution < -0.4 is 0 Å². The summed E-state index contributed by atoms with van der Waals surface area (Å²) in [6.07, 6.45) is 0.113. The van der Waals surface area contributed by atoms with Crippen molar-refractivity contribution in [2.24, 2.45) is 0 Å². The highest BCUT2D eigenvalue weighted by Gasteiger charge is 2.29. The fourth-order valence-corrected chi connectivity index (χ4v) is 2.59. The number of hydrogen-bond donors (Lipinski definition) is 0. The van der Waals surface area contributed by atoms with Crippen LogP contribution in [-0.4, -0.2) is 17.2 Å². The second-order valence-electron chi connectivity index (χ2n) is 3.36. The smallest absolute Gasteiger partial charge is 0.294 e. The Labute approximate surface area is 120 Å². The molecule has 1 aromatic carbocycles.